The van der Waals surface area contributed by atoms with Crippen LogP contribution >= 0.6 is 12.2 Å². The first-order valence-electron chi connectivity index (χ1n) is 3.70. The Morgan fingerprint density at radius 3 is 2.85 bits per heavy atom. The van der Waals surface area contributed by atoms with Crippen LogP contribution in [0.3, 0.4) is 0 Å². The third-order valence-electron chi connectivity index (χ3n) is 1.63. The maximum Gasteiger partial charge on any atom is 0.242 e. The van der Waals surface area contributed by atoms with Crippen molar-refractivity contribution in [2.24, 2.45) is 0 Å². The molecule has 5 nitrogen and oxygen atoms in total. The quantitative estimate of drug-likeness (QED) is 0.687. The van der Waals surface area contributed by atoms with Gasteiger partial charge in [0.25, 0.3) is 0 Å². The molecule has 0 amide bonds. The van der Waals surface area contributed by atoms with Crippen LogP contribution in [0, 0.1) is 11.7 Å². The molecule has 2 aromatic rings. The molecule has 0 saturated heterocycles. The van der Waals surface area contributed by atoms with E-state index in [-0.39, 0.29) is 0 Å². The number of aromatic amines is 1. The summed E-state index contributed by atoms with van der Waals surface area (Å²) in [6.45, 7) is 1.92. The minimum atomic E-state index is 0.394. The summed E-state index contributed by atoms with van der Waals surface area (Å²) in [4.78, 5) is 4.13. The zero-order valence-electron chi connectivity index (χ0n) is 6.93. The van der Waals surface area contributed by atoms with E-state index < -0.39 is 0 Å². The van der Waals surface area contributed by atoms with Gasteiger partial charge in [-0.1, -0.05) is 10.3 Å². The Kier molecular flexibility index (Phi) is 1.90. The Balaban J connectivity index is 2.54. The molecule has 6 heteroatoms. The van der Waals surface area contributed by atoms with Crippen molar-refractivity contribution in [2.45, 2.75) is 6.92 Å². The third-order valence-corrected chi connectivity index (χ3v) is 1.89. The second-order valence-corrected chi connectivity index (χ2v) is 2.94. The van der Waals surface area contributed by atoms with Crippen molar-refractivity contribution in [3.8, 4) is 5.69 Å². The SMILES string of the molecule is Cc1ccc(-n2[nH]nnc2=S)cn1. The molecular weight excluding hydrogens is 186 g/mol. The van der Waals surface area contributed by atoms with E-state index in [4.69, 9.17) is 12.2 Å². The Bertz CT molecular complexity index is 454. The van der Waals surface area contributed by atoms with Crippen LogP contribution < -0.4 is 0 Å². The van der Waals surface area contributed by atoms with Crippen LogP contribution in [0.1, 0.15) is 5.69 Å². The number of hydrogen-bond acceptors (Lipinski definition) is 4. The molecule has 2 heterocycles. The highest BCUT2D eigenvalue weighted by Crippen LogP contribution is 2.03. The number of nitrogens with zero attached hydrogens (tertiary/aromatic N) is 4. The van der Waals surface area contributed by atoms with Gasteiger partial charge in [-0.05, 0) is 31.3 Å². The first kappa shape index (κ1) is 8.06. The maximum atomic E-state index is 4.93. The summed E-state index contributed by atoms with van der Waals surface area (Å²) >= 11 is 4.93. The zero-order chi connectivity index (χ0) is 9.26. The fraction of sp³-hybridized carbons (Fsp3) is 0.143. The maximum absolute atomic E-state index is 4.93. The van der Waals surface area contributed by atoms with E-state index >= 15 is 0 Å². The number of pyridine rings is 1. The van der Waals surface area contributed by atoms with Gasteiger partial charge in [0.05, 0.1) is 11.9 Å². The summed E-state index contributed by atoms with van der Waals surface area (Å²) in [5.41, 5.74) is 1.79. The van der Waals surface area contributed by atoms with Crippen LogP contribution in [0.4, 0.5) is 0 Å². The molecule has 0 saturated carbocycles. The van der Waals surface area contributed by atoms with Gasteiger partial charge in [-0.25, -0.2) is 4.68 Å². The van der Waals surface area contributed by atoms with E-state index in [1.807, 2.05) is 19.1 Å². The summed E-state index contributed by atoms with van der Waals surface area (Å²) < 4.78 is 1.98. The monoisotopic (exact) mass is 193 g/mol. The lowest BCUT2D eigenvalue weighted by Crippen LogP contribution is -1.97. The Morgan fingerprint density at radius 2 is 2.31 bits per heavy atom. The smallest absolute Gasteiger partial charge is 0.242 e. The molecule has 0 aromatic carbocycles. The van der Waals surface area contributed by atoms with Crippen molar-refractivity contribution < 1.29 is 0 Å². The molecule has 2 aromatic heterocycles. The number of rotatable bonds is 1. The van der Waals surface area contributed by atoms with E-state index in [0.717, 1.165) is 11.4 Å². The van der Waals surface area contributed by atoms with Crippen molar-refractivity contribution in [2.75, 3.05) is 0 Å². The second-order valence-electron chi connectivity index (χ2n) is 2.58. The molecule has 0 spiro atoms. The molecule has 0 radical (unpaired) electrons. The summed E-state index contributed by atoms with van der Waals surface area (Å²) in [5, 5.41) is 9.89. The van der Waals surface area contributed by atoms with Crippen LogP contribution in [-0.2, 0) is 0 Å². The van der Waals surface area contributed by atoms with Crippen molar-refractivity contribution in [3.63, 3.8) is 0 Å². The molecule has 0 atom stereocenters. The zero-order valence-corrected chi connectivity index (χ0v) is 7.75. The van der Waals surface area contributed by atoms with Gasteiger partial charge in [0.15, 0.2) is 0 Å². The Hall–Kier alpha value is -1.56. The van der Waals surface area contributed by atoms with Crippen LogP contribution in [0.2, 0.25) is 0 Å². The molecule has 0 bridgehead atoms. The standard InChI is InChI=1S/C7H7N5S/c1-5-2-3-6(4-8-5)12-7(13)9-10-11-12/h2-4H,1H3,(H,9,11,13). The van der Waals surface area contributed by atoms with Gasteiger partial charge in [-0.2, -0.15) is 5.21 Å². The molecule has 2 rings (SSSR count). The average molecular weight is 193 g/mol. The third kappa shape index (κ3) is 1.48. The number of nitrogens with one attached hydrogen (secondary N) is 1. The first-order valence-corrected chi connectivity index (χ1v) is 4.11. The molecule has 13 heavy (non-hydrogen) atoms. The number of H-pyrrole nitrogens is 1. The predicted octanol–water partition coefficient (Wildman–Crippen LogP) is 1.03. The van der Waals surface area contributed by atoms with Crippen molar-refractivity contribution in [3.05, 3.63) is 28.8 Å². The van der Waals surface area contributed by atoms with Gasteiger partial charge < -0.3 is 0 Å². The minimum absolute atomic E-state index is 0.394. The van der Waals surface area contributed by atoms with E-state index in [0.29, 0.717) is 4.77 Å². The molecule has 0 aliphatic rings. The van der Waals surface area contributed by atoms with Gasteiger partial charge in [0.1, 0.15) is 0 Å². The van der Waals surface area contributed by atoms with Crippen LogP contribution in [0.15, 0.2) is 18.3 Å². The Labute approximate surface area is 79.4 Å². The van der Waals surface area contributed by atoms with Gasteiger partial charge in [0.2, 0.25) is 4.77 Å². The van der Waals surface area contributed by atoms with E-state index in [1.54, 1.807) is 10.9 Å². The van der Waals surface area contributed by atoms with Crippen molar-refractivity contribution in [1.82, 2.24) is 25.2 Å². The predicted molar refractivity (Wildman–Crippen MR) is 49.1 cm³/mol. The van der Waals surface area contributed by atoms with Gasteiger partial charge in [-0.15, -0.1) is 0 Å². The highest BCUT2D eigenvalue weighted by molar-refractivity contribution is 7.71. The molecule has 0 aliphatic heterocycles. The average Bonchev–Trinajstić information content (AvgIpc) is 2.53. The fourth-order valence-corrected chi connectivity index (χ4v) is 1.14. The lowest BCUT2D eigenvalue weighted by atomic mass is 10.3. The lowest BCUT2D eigenvalue weighted by molar-refractivity contribution is 0.782. The van der Waals surface area contributed by atoms with Gasteiger partial charge in [0, 0.05) is 5.69 Å². The van der Waals surface area contributed by atoms with Crippen LogP contribution in [-0.4, -0.2) is 25.2 Å². The first-order chi connectivity index (χ1) is 6.27. The molecular formula is C7H7N5S. The van der Waals surface area contributed by atoms with E-state index in [9.17, 15) is 0 Å². The van der Waals surface area contributed by atoms with Gasteiger partial charge in [-0.3, -0.25) is 4.98 Å². The van der Waals surface area contributed by atoms with Crippen LogP contribution in [0.5, 0.6) is 0 Å². The number of hydrogen-bond donors (Lipinski definition) is 1. The number of tetrazole rings is 1. The lowest BCUT2D eigenvalue weighted by Gasteiger charge is -1.98. The van der Waals surface area contributed by atoms with E-state index in [2.05, 4.69) is 20.5 Å². The second kappa shape index (κ2) is 3.06. The highest BCUT2D eigenvalue weighted by Gasteiger charge is 1.98. The number of aromatic nitrogens is 5. The highest BCUT2D eigenvalue weighted by atomic mass is 32.1. The molecule has 0 fully saturated rings. The molecule has 1 N–H and O–H groups in total. The molecule has 66 valence electrons. The van der Waals surface area contributed by atoms with Crippen LogP contribution in [0.25, 0.3) is 5.69 Å². The molecule has 0 unspecified atom stereocenters. The topological polar surface area (TPSA) is 59.4 Å². The fourth-order valence-electron chi connectivity index (χ4n) is 0.958. The van der Waals surface area contributed by atoms with Crippen molar-refractivity contribution >= 4 is 12.2 Å². The van der Waals surface area contributed by atoms with Crippen molar-refractivity contribution in [1.29, 1.82) is 0 Å². The molecule has 0 aliphatic carbocycles. The Morgan fingerprint density at radius 1 is 1.46 bits per heavy atom. The summed E-state index contributed by atoms with van der Waals surface area (Å²) in [5.74, 6) is 0. The minimum Gasteiger partial charge on any atom is -0.259 e. The normalized spacial score (nSPS) is 10.2. The van der Waals surface area contributed by atoms with Gasteiger partial charge >= 0.3 is 0 Å². The summed E-state index contributed by atoms with van der Waals surface area (Å²) in [6, 6.07) is 3.80. The van der Waals surface area contributed by atoms with E-state index in [1.165, 1.54) is 0 Å². The number of aryl methyl sites for hydroxylation is 1. The summed E-state index contributed by atoms with van der Waals surface area (Å²) in [6.07, 6.45) is 1.71. The summed E-state index contributed by atoms with van der Waals surface area (Å²) in [7, 11) is 0. The largest absolute Gasteiger partial charge is 0.259 e.